The van der Waals surface area contributed by atoms with Gasteiger partial charge in [-0.15, -0.1) is 0 Å². The third kappa shape index (κ3) is 5.16. The lowest BCUT2D eigenvalue weighted by Crippen LogP contribution is -2.37. The molecule has 158 valence electrons. The Morgan fingerprint density at radius 1 is 1.00 bits per heavy atom. The zero-order valence-corrected chi connectivity index (χ0v) is 18.2. The molecule has 1 heterocycles. The van der Waals surface area contributed by atoms with Crippen LogP contribution in [0.2, 0.25) is 0 Å². The van der Waals surface area contributed by atoms with Gasteiger partial charge in [0.1, 0.15) is 5.75 Å². The Kier molecular flexibility index (Phi) is 6.62. The number of piperidine rings is 1. The Hall–Kier alpha value is -1.94. The van der Waals surface area contributed by atoms with Gasteiger partial charge < -0.3 is 4.74 Å². The highest BCUT2D eigenvalue weighted by Gasteiger charge is 2.28. The Balaban J connectivity index is 1.71. The molecule has 9 heteroatoms. The first-order valence-electron chi connectivity index (χ1n) is 9.45. The lowest BCUT2D eigenvalue weighted by Gasteiger charge is -2.29. The standard InChI is InChI=1S/C20H26N2O5S2/c1-16-10-12-22(13-11-16)29(25,26)20-8-6-19(7-9-20)28(23,24)21-15-17-4-3-5-18(14-17)27-2/h3-9,14,16,21H,10-13,15H2,1-2H3. The van der Waals surface area contributed by atoms with Crippen LogP contribution in [0.15, 0.2) is 58.3 Å². The summed E-state index contributed by atoms with van der Waals surface area (Å²) in [5.41, 5.74) is 0.756. The van der Waals surface area contributed by atoms with E-state index in [0.717, 1.165) is 18.4 Å². The maximum Gasteiger partial charge on any atom is 0.243 e. The number of rotatable bonds is 7. The zero-order chi connectivity index (χ0) is 21.1. The van der Waals surface area contributed by atoms with E-state index in [-0.39, 0.29) is 16.3 Å². The number of hydrogen-bond donors (Lipinski definition) is 1. The fourth-order valence-electron chi connectivity index (χ4n) is 3.21. The average molecular weight is 439 g/mol. The summed E-state index contributed by atoms with van der Waals surface area (Å²) in [6, 6.07) is 12.5. The quantitative estimate of drug-likeness (QED) is 0.717. The van der Waals surface area contributed by atoms with E-state index in [0.29, 0.717) is 24.8 Å². The lowest BCUT2D eigenvalue weighted by atomic mass is 10.0. The van der Waals surface area contributed by atoms with Crippen LogP contribution in [-0.4, -0.2) is 41.3 Å². The van der Waals surface area contributed by atoms with E-state index in [1.165, 1.54) is 28.6 Å². The number of ether oxygens (including phenoxy) is 1. The minimum atomic E-state index is -3.77. The summed E-state index contributed by atoms with van der Waals surface area (Å²) in [6.45, 7) is 3.20. The molecule has 1 N–H and O–H groups in total. The third-order valence-corrected chi connectivity index (χ3v) is 8.44. The topological polar surface area (TPSA) is 92.8 Å². The van der Waals surface area contributed by atoms with Crippen LogP contribution in [0.5, 0.6) is 5.75 Å². The van der Waals surface area contributed by atoms with Gasteiger partial charge in [-0.25, -0.2) is 21.6 Å². The van der Waals surface area contributed by atoms with Gasteiger partial charge in [-0.2, -0.15) is 4.31 Å². The summed E-state index contributed by atoms with van der Waals surface area (Å²) < 4.78 is 59.8. The van der Waals surface area contributed by atoms with Gasteiger partial charge in [-0.05, 0) is 60.7 Å². The molecule has 0 unspecified atom stereocenters. The van der Waals surface area contributed by atoms with Crippen LogP contribution in [0.1, 0.15) is 25.3 Å². The molecule has 0 amide bonds. The molecule has 29 heavy (non-hydrogen) atoms. The van der Waals surface area contributed by atoms with Crippen LogP contribution in [0.25, 0.3) is 0 Å². The first-order chi connectivity index (χ1) is 13.7. The van der Waals surface area contributed by atoms with Gasteiger partial charge >= 0.3 is 0 Å². The molecule has 0 radical (unpaired) electrons. The second-order valence-corrected chi connectivity index (χ2v) is 10.9. The van der Waals surface area contributed by atoms with E-state index in [1.54, 1.807) is 31.4 Å². The van der Waals surface area contributed by atoms with Crippen molar-refractivity contribution in [3.05, 3.63) is 54.1 Å². The van der Waals surface area contributed by atoms with Crippen molar-refractivity contribution >= 4 is 20.0 Å². The van der Waals surface area contributed by atoms with Crippen LogP contribution in [0.4, 0.5) is 0 Å². The highest BCUT2D eigenvalue weighted by Crippen LogP contribution is 2.24. The largest absolute Gasteiger partial charge is 0.497 e. The number of methoxy groups -OCH3 is 1. The van der Waals surface area contributed by atoms with Gasteiger partial charge in [0.25, 0.3) is 0 Å². The lowest BCUT2D eigenvalue weighted by molar-refractivity contribution is 0.288. The summed E-state index contributed by atoms with van der Waals surface area (Å²) in [5, 5.41) is 0. The molecule has 7 nitrogen and oxygen atoms in total. The number of nitrogens with zero attached hydrogens (tertiary/aromatic N) is 1. The van der Waals surface area contributed by atoms with E-state index >= 15 is 0 Å². The molecule has 1 fully saturated rings. The number of benzene rings is 2. The molecule has 2 aromatic rings. The van der Waals surface area contributed by atoms with Crippen LogP contribution in [0.3, 0.4) is 0 Å². The van der Waals surface area contributed by atoms with Crippen LogP contribution < -0.4 is 9.46 Å². The molecule has 3 rings (SSSR count). The van der Waals surface area contributed by atoms with Crippen molar-refractivity contribution < 1.29 is 21.6 Å². The van der Waals surface area contributed by atoms with E-state index in [4.69, 9.17) is 4.74 Å². The van der Waals surface area contributed by atoms with Crippen molar-refractivity contribution in [2.24, 2.45) is 5.92 Å². The zero-order valence-electron chi connectivity index (χ0n) is 16.5. The predicted molar refractivity (Wildman–Crippen MR) is 111 cm³/mol. The van der Waals surface area contributed by atoms with Gasteiger partial charge in [0, 0.05) is 19.6 Å². The first-order valence-corrected chi connectivity index (χ1v) is 12.4. The highest BCUT2D eigenvalue weighted by atomic mass is 32.2. The monoisotopic (exact) mass is 438 g/mol. The van der Waals surface area contributed by atoms with Crippen molar-refractivity contribution in [2.75, 3.05) is 20.2 Å². The number of sulfonamides is 2. The summed E-state index contributed by atoms with van der Waals surface area (Å²) in [6.07, 6.45) is 1.67. The fraction of sp³-hybridized carbons (Fsp3) is 0.400. The molecular weight excluding hydrogens is 412 g/mol. The summed E-state index contributed by atoms with van der Waals surface area (Å²) in [4.78, 5) is 0.130. The second-order valence-electron chi connectivity index (χ2n) is 7.23. The van der Waals surface area contributed by atoms with E-state index in [2.05, 4.69) is 11.6 Å². The van der Waals surface area contributed by atoms with Gasteiger partial charge in [-0.3, -0.25) is 0 Å². The Morgan fingerprint density at radius 2 is 1.62 bits per heavy atom. The third-order valence-electron chi connectivity index (χ3n) is 5.11. The Morgan fingerprint density at radius 3 is 2.24 bits per heavy atom. The second kappa shape index (κ2) is 8.83. The van der Waals surface area contributed by atoms with E-state index < -0.39 is 20.0 Å². The minimum absolute atomic E-state index is 0.0200. The fourth-order valence-corrected chi connectivity index (χ4v) is 5.70. The molecule has 1 aliphatic rings. The van der Waals surface area contributed by atoms with E-state index in [9.17, 15) is 16.8 Å². The van der Waals surface area contributed by atoms with E-state index in [1.807, 2.05) is 0 Å². The molecule has 0 aromatic heterocycles. The molecule has 0 aliphatic carbocycles. The molecule has 0 saturated carbocycles. The minimum Gasteiger partial charge on any atom is -0.497 e. The van der Waals surface area contributed by atoms with Gasteiger partial charge in [0.15, 0.2) is 0 Å². The number of hydrogen-bond acceptors (Lipinski definition) is 5. The summed E-state index contributed by atoms with van der Waals surface area (Å²) in [5.74, 6) is 1.16. The highest BCUT2D eigenvalue weighted by molar-refractivity contribution is 7.89. The van der Waals surface area contributed by atoms with Gasteiger partial charge in [0.05, 0.1) is 16.9 Å². The molecular formula is C20H26N2O5S2. The van der Waals surface area contributed by atoms with Crippen molar-refractivity contribution in [1.29, 1.82) is 0 Å². The summed E-state index contributed by atoms with van der Waals surface area (Å²) in [7, 11) is -5.83. The van der Waals surface area contributed by atoms with Crippen molar-refractivity contribution in [1.82, 2.24) is 9.03 Å². The van der Waals surface area contributed by atoms with Crippen LogP contribution >= 0.6 is 0 Å². The van der Waals surface area contributed by atoms with Crippen LogP contribution in [0, 0.1) is 5.92 Å². The Labute approximate surface area is 172 Å². The number of nitrogens with one attached hydrogen (secondary N) is 1. The SMILES string of the molecule is COc1cccc(CNS(=O)(=O)c2ccc(S(=O)(=O)N3CCC(C)CC3)cc2)c1. The predicted octanol–water partition coefficient (Wildman–Crippen LogP) is 2.59. The van der Waals surface area contributed by atoms with Crippen molar-refractivity contribution in [3.63, 3.8) is 0 Å². The van der Waals surface area contributed by atoms with Gasteiger partial charge in [-0.1, -0.05) is 19.1 Å². The van der Waals surface area contributed by atoms with Crippen molar-refractivity contribution in [3.8, 4) is 5.75 Å². The molecule has 0 spiro atoms. The molecule has 1 saturated heterocycles. The summed E-state index contributed by atoms with van der Waals surface area (Å²) >= 11 is 0. The molecule has 0 bridgehead atoms. The maximum atomic E-state index is 12.8. The molecule has 2 aromatic carbocycles. The Bertz CT molecular complexity index is 1040. The van der Waals surface area contributed by atoms with Crippen molar-refractivity contribution in [2.45, 2.75) is 36.1 Å². The smallest absolute Gasteiger partial charge is 0.243 e. The van der Waals surface area contributed by atoms with Crippen LogP contribution in [-0.2, 0) is 26.6 Å². The maximum absolute atomic E-state index is 12.8. The molecule has 1 aliphatic heterocycles. The van der Waals surface area contributed by atoms with Gasteiger partial charge in [0.2, 0.25) is 20.0 Å². The molecule has 0 atom stereocenters. The average Bonchev–Trinajstić information content (AvgIpc) is 2.73. The normalized spacial score (nSPS) is 16.6. The first kappa shape index (κ1) is 21.8.